The number of ether oxygens (including phenoxy) is 1. The number of para-hydroxylation sites is 1. The van der Waals surface area contributed by atoms with Crippen molar-refractivity contribution in [1.82, 2.24) is 15.1 Å². The average Bonchev–Trinajstić information content (AvgIpc) is 2.99. The van der Waals surface area contributed by atoms with Gasteiger partial charge in [-0.1, -0.05) is 23.4 Å². The van der Waals surface area contributed by atoms with E-state index in [9.17, 15) is 0 Å². The maximum atomic E-state index is 5.56. The topological polar surface area (TPSA) is 61.0 Å². The van der Waals surface area contributed by atoms with Crippen LogP contribution < -0.4 is 4.74 Å². The maximum Gasteiger partial charge on any atom is 0.262 e. The van der Waals surface area contributed by atoms with E-state index in [-0.39, 0.29) is 0 Å². The molecule has 3 rings (SSSR count). The second-order valence-corrected chi connectivity index (χ2v) is 4.07. The van der Waals surface area contributed by atoms with Crippen LogP contribution >= 0.6 is 0 Å². The molecule has 0 atom stereocenters. The molecule has 0 spiro atoms. The predicted octanol–water partition coefficient (Wildman–Crippen LogP) is 3.20. The molecule has 3 aromatic rings. The van der Waals surface area contributed by atoms with Gasteiger partial charge in [0.1, 0.15) is 11.4 Å². The molecule has 5 nitrogen and oxygen atoms in total. The Labute approximate surface area is 116 Å². The fourth-order valence-corrected chi connectivity index (χ4v) is 1.86. The zero-order chi connectivity index (χ0) is 13.8. The summed E-state index contributed by atoms with van der Waals surface area (Å²) in [5.41, 5.74) is 1.46. The van der Waals surface area contributed by atoms with Crippen molar-refractivity contribution in [3.8, 4) is 28.7 Å². The van der Waals surface area contributed by atoms with Crippen LogP contribution in [0.3, 0.4) is 0 Å². The largest absolute Gasteiger partial charge is 0.493 e. The van der Waals surface area contributed by atoms with E-state index in [1.165, 1.54) is 0 Å². The van der Waals surface area contributed by atoms with Gasteiger partial charge in [0.05, 0.1) is 12.2 Å². The summed E-state index contributed by atoms with van der Waals surface area (Å²) in [5, 5.41) is 3.96. The highest BCUT2D eigenvalue weighted by Gasteiger charge is 2.14. The van der Waals surface area contributed by atoms with Crippen LogP contribution in [0.4, 0.5) is 0 Å². The van der Waals surface area contributed by atoms with E-state index < -0.39 is 0 Å². The minimum Gasteiger partial charge on any atom is -0.493 e. The summed E-state index contributed by atoms with van der Waals surface area (Å²) >= 11 is 0. The van der Waals surface area contributed by atoms with Crippen molar-refractivity contribution in [3.05, 3.63) is 48.7 Å². The summed E-state index contributed by atoms with van der Waals surface area (Å²) in [6.45, 7) is 2.52. The number of benzene rings is 1. The molecule has 0 N–H and O–H groups in total. The van der Waals surface area contributed by atoms with Crippen molar-refractivity contribution < 1.29 is 9.26 Å². The molecule has 0 aliphatic heterocycles. The lowest BCUT2D eigenvalue weighted by Crippen LogP contribution is -1.93. The number of hydrogen-bond donors (Lipinski definition) is 0. The standard InChI is InChI=1S/C15H13N3O2/c1-2-19-13-9-4-3-7-11(13)15-17-14(18-20-15)12-8-5-6-10-16-12/h3-10H,2H2,1H3. The van der Waals surface area contributed by atoms with E-state index in [4.69, 9.17) is 9.26 Å². The van der Waals surface area contributed by atoms with Gasteiger partial charge in [-0.15, -0.1) is 0 Å². The van der Waals surface area contributed by atoms with Gasteiger partial charge in [0, 0.05) is 6.20 Å². The zero-order valence-corrected chi connectivity index (χ0v) is 11.0. The molecule has 20 heavy (non-hydrogen) atoms. The summed E-state index contributed by atoms with van der Waals surface area (Å²) in [5.74, 6) is 1.62. The molecule has 100 valence electrons. The molecule has 1 aromatic carbocycles. The second-order valence-electron chi connectivity index (χ2n) is 4.07. The first-order valence-electron chi connectivity index (χ1n) is 6.36. The third kappa shape index (κ3) is 2.38. The van der Waals surface area contributed by atoms with Crippen molar-refractivity contribution in [2.24, 2.45) is 0 Å². The smallest absolute Gasteiger partial charge is 0.262 e. The van der Waals surface area contributed by atoms with Gasteiger partial charge in [-0.3, -0.25) is 4.98 Å². The molecule has 0 unspecified atom stereocenters. The van der Waals surface area contributed by atoms with Crippen molar-refractivity contribution in [2.75, 3.05) is 6.61 Å². The van der Waals surface area contributed by atoms with E-state index in [1.54, 1.807) is 6.20 Å². The number of hydrogen-bond acceptors (Lipinski definition) is 5. The maximum absolute atomic E-state index is 5.56. The fraction of sp³-hybridized carbons (Fsp3) is 0.133. The van der Waals surface area contributed by atoms with Gasteiger partial charge in [0.15, 0.2) is 0 Å². The van der Waals surface area contributed by atoms with E-state index in [1.807, 2.05) is 49.4 Å². The molecule has 0 aliphatic carbocycles. The number of nitrogens with zero attached hydrogens (tertiary/aromatic N) is 3. The van der Waals surface area contributed by atoms with Gasteiger partial charge in [0.2, 0.25) is 5.82 Å². The van der Waals surface area contributed by atoms with Gasteiger partial charge >= 0.3 is 0 Å². The van der Waals surface area contributed by atoms with Crippen molar-refractivity contribution in [1.29, 1.82) is 0 Å². The first-order valence-corrected chi connectivity index (χ1v) is 6.36. The second kappa shape index (κ2) is 5.52. The predicted molar refractivity (Wildman–Crippen MR) is 74.1 cm³/mol. The fourth-order valence-electron chi connectivity index (χ4n) is 1.86. The molecular weight excluding hydrogens is 254 g/mol. The Hall–Kier alpha value is -2.69. The SMILES string of the molecule is CCOc1ccccc1-c1nc(-c2ccccn2)no1. The van der Waals surface area contributed by atoms with Crippen LogP contribution in [0.2, 0.25) is 0 Å². The molecule has 5 heteroatoms. The number of rotatable bonds is 4. The Balaban J connectivity index is 1.98. The molecule has 0 amide bonds. The van der Waals surface area contributed by atoms with Gasteiger partial charge in [-0.2, -0.15) is 4.98 Å². The highest BCUT2D eigenvalue weighted by molar-refractivity contribution is 5.64. The third-order valence-electron chi connectivity index (χ3n) is 2.74. The van der Waals surface area contributed by atoms with Gasteiger partial charge in [0.25, 0.3) is 5.89 Å². The Kier molecular flexibility index (Phi) is 3.41. The molecule has 0 saturated carbocycles. The summed E-state index contributed by atoms with van der Waals surface area (Å²) in [6, 6.07) is 13.1. The lowest BCUT2D eigenvalue weighted by Gasteiger charge is -2.05. The van der Waals surface area contributed by atoms with E-state index >= 15 is 0 Å². The summed E-state index contributed by atoms with van der Waals surface area (Å²) < 4.78 is 10.9. The first-order chi connectivity index (χ1) is 9.88. The average molecular weight is 267 g/mol. The Morgan fingerprint density at radius 3 is 2.75 bits per heavy atom. The Morgan fingerprint density at radius 2 is 1.95 bits per heavy atom. The molecule has 0 aliphatic rings. The number of pyridine rings is 1. The van der Waals surface area contributed by atoms with E-state index in [0.29, 0.717) is 24.0 Å². The normalized spacial score (nSPS) is 10.4. The summed E-state index contributed by atoms with van der Waals surface area (Å²) in [7, 11) is 0. The van der Waals surface area contributed by atoms with Crippen LogP contribution in [-0.2, 0) is 0 Å². The summed E-state index contributed by atoms with van der Waals surface area (Å²) in [6.07, 6.45) is 1.69. The minimum absolute atomic E-state index is 0.426. The van der Waals surface area contributed by atoms with Crippen molar-refractivity contribution in [2.45, 2.75) is 6.92 Å². The molecule has 0 radical (unpaired) electrons. The monoisotopic (exact) mass is 267 g/mol. The quantitative estimate of drug-likeness (QED) is 0.726. The molecule has 2 heterocycles. The molecule has 0 saturated heterocycles. The molecule has 0 bridgehead atoms. The van der Waals surface area contributed by atoms with Crippen molar-refractivity contribution in [3.63, 3.8) is 0 Å². The van der Waals surface area contributed by atoms with Gasteiger partial charge < -0.3 is 9.26 Å². The first kappa shape index (κ1) is 12.3. The van der Waals surface area contributed by atoms with E-state index in [0.717, 1.165) is 11.3 Å². The van der Waals surface area contributed by atoms with Crippen LogP contribution in [-0.4, -0.2) is 21.7 Å². The van der Waals surface area contributed by atoms with Gasteiger partial charge in [-0.05, 0) is 31.2 Å². The summed E-state index contributed by atoms with van der Waals surface area (Å²) in [4.78, 5) is 8.57. The van der Waals surface area contributed by atoms with Crippen molar-refractivity contribution >= 4 is 0 Å². The Bertz CT molecular complexity index is 695. The third-order valence-corrected chi connectivity index (χ3v) is 2.74. The van der Waals surface area contributed by atoms with Crippen LogP contribution in [0, 0.1) is 0 Å². The highest BCUT2D eigenvalue weighted by Crippen LogP contribution is 2.29. The van der Waals surface area contributed by atoms with Gasteiger partial charge in [-0.25, -0.2) is 0 Å². The highest BCUT2D eigenvalue weighted by atomic mass is 16.5. The lowest BCUT2D eigenvalue weighted by atomic mass is 10.2. The number of aromatic nitrogens is 3. The van der Waals surface area contributed by atoms with Crippen LogP contribution in [0.15, 0.2) is 53.2 Å². The van der Waals surface area contributed by atoms with Crippen LogP contribution in [0.25, 0.3) is 23.0 Å². The zero-order valence-electron chi connectivity index (χ0n) is 11.0. The Morgan fingerprint density at radius 1 is 1.10 bits per heavy atom. The molecular formula is C15H13N3O2. The minimum atomic E-state index is 0.426. The van der Waals surface area contributed by atoms with E-state index in [2.05, 4.69) is 15.1 Å². The molecule has 2 aromatic heterocycles. The lowest BCUT2D eigenvalue weighted by molar-refractivity contribution is 0.339. The van der Waals surface area contributed by atoms with Crippen LogP contribution in [0.5, 0.6) is 5.75 Å². The molecule has 0 fully saturated rings. The van der Waals surface area contributed by atoms with Crippen LogP contribution in [0.1, 0.15) is 6.92 Å².